The van der Waals surface area contributed by atoms with Gasteiger partial charge in [-0.05, 0) is 0 Å². The van der Waals surface area contributed by atoms with Crippen LogP contribution in [0.15, 0.2) is 30.3 Å². The van der Waals surface area contributed by atoms with Crippen molar-refractivity contribution in [3.63, 3.8) is 0 Å². The largest absolute Gasteiger partial charge is 0.433 e. The fourth-order valence-corrected chi connectivity index (χ4v) is 1.68. The van der Waals surface area contributed by atoms with Crippen LogP contribution >= 0.6 is 0 Å². The molecule has 0 amide bonds. The minimum absolute atomic E-state index is 0.0690. The standard InChI is InChI=1S/C13H14O4/c1-13(2)16-8-10(12(15)17-13)11(14)9-6-4-3-5-7-9/h3-7,10H,8H2,1-2H3. The number of carbonyl (C=O) groups excluding carboxylic acids is 2. The Kier molecular flexibility index (Phi) is 2.98. The predicted octanol–water partition coefficient (Wildman–Crippen LogP) is 1.79. The lowest BCUT2D eigenvalue weighted by molar-refractivity contribution is -0.243. The maximum absolute atomic E-state index is 12.0. The van der Waals surface area contributed by atoms with E-state index in [0.29, 0.717) is 5.56 Å². The van der Waals surface area contributed by atoms with Gasteiger partial charge in [0.25, 0.3) is 0 Å². The number of ether oxygens (including phenoxy) is 2. The zero-order valence-corrected chi connectivity index (χ0v) is 9.80. The smallest absolute Gasteiger partial charge is 0.321 e. The van der Waals surface area contributed by atoms with Crippen LogP contribution < -0.4 is 0 Å². The van der Waals surface area contributed by atoms with Crippen molar-refractivity contribution in [1.82, 2.24) is 0 Å². The van der Waals surface area contributed by atoms with Crippen LogP contribution in [0.1, 0.15) is 24.2 Å². The van der Waals surface area contributed by atoms with Crippen LogP contribution in [-0.4, -0.2) is 24.1 Å². The topological polar surface area (TPSA) is 52.6 Å². The highest BCUT2D eigenvalue weighted by molar-refractivity contribution is 6.09. The average Bonchev–Trinajstić information content (AvgIpc) is 2.28. The van der Waals surface area contributed by atoms with Gasteiger partial charge in [-0.15, -0.1) is 0 Å². The van der Waals surface area contributed by atoms with Gasteiger partial charge in [-0.3, -0.25) is 9.59 Å². The normalized spacial score (nSPS) is 22.9. The molecule has 1 aromatic carbocycles. The van der Waals surface area contributed by atoms with Gasteiger partial charge >= 0.3 is 5.97 Å². The summed E-state index contributed by atoms with van der Waals surface area (Å²) in [5, 5.41) is 0. The van der Waals surface area contributed by atoms with Crippen molar-refractivity contribution in [3.05, 3.63) is 35.9 Å². The van der Waals surface area contributed by atoms with Crippen LogP contribution in [0, 0.1) is 5.92 Å². The summed E-state index contributed by atoms with van der Waals surface area (Å²) in [5.74, 6) is -2.57. The Morgan fingerprint density at radius 3 is 2.53 bits per heavy atom. The SMILES string of the molecule is CC1(C)OCC(C(=O)c2ccccc2)C(=O)O1. The lowest BCUT2D eigenvalue weighted by atomic mass is 9.97. The number of esters is 1. The molecule has 0 radical (unpaired) electrons. The Labute approximate surface area is 99.5 Å². The third-order valence-electron chi connectivity index (χ3n) is 2.60. The molecular weight excluding hydrogens is 220 g/mol. The number of rotatable bonds is 2. The lowest BCUT2D eigenvalue weighted by Crippen LogP contribution is -2.45. The van der Waals surface area contributed by atoms with E-state index in [1.807, 2.05) is 6.07 Å². The van der Waals surface area contributed by atoms with E-state index in [2.05, 4.69) is 0 Å². The first kappa shape index (κ1) is 11.8. The first-order valence-electron chi connectivity index (χ1n) is 5.46. The van der Waals surface area contributed by atoms with Crippen molar-refractivity contribution in [2.45, 2.75) is 19.6 Å². The number of cyclic esters (lactones) is 1. The average molecular weight is 234 g/mol. The van der Waals surface area contributed by atoms with Crippen LogP contribution in [0.2, 0.25) is 0 Å². The molecule has 1 aliphatic heterocycles. The predicted molar refractivity (Wildman–Crippen MR) is 60.4 cm³/mol. The van der Waals surface area contributed by atoms with Crippen molar-refractivity contribution in [2.24, 2.45) is 5.92 Å². The maximum Gasteiger partial charge on any atom is 0.321 e. The second-order valence-electron chi connectivity index (χ2n) is 4.41. The third kappa shape index (κ3) is 2.53. The van der Waals surface area contributed by atoms with Crippen molar-refractivity contribution in [3.8, 4) is 0 Å². The van der Waals surface area contributed by atoms with E-state index >= 15 is 0 Å². The first-order valence-corrected chi connectivity index (χ1v) is 5.46. The van der Waals surface area contributed by atoms with E-state index in [0.717, 1.165) is 0 Å². The molecule has 0 bridgehead atoms. The Balaban J connectivity index is 2.15. The van der Waals surface area contributed by atoms with Gasteiger partial charge in [0.2, 0.25) is 5.79 Å². The maximum atomic E-state index is 12.0. The Morgan fingerprint density at radius 1 is 1.29 bits per heavy atom. The van der Waals surface area contributed by atoms with Gasteiger partial charge in [0.1, 0.15) is 5.92 Å². The number of carbonyl (C=O) groups is 2. The minimum Gasteiger partial charge on any atom is -0.433 e. The summed E-state index contributed by atoms with van der Waals surface area (Å²) in [6, 6.07) is 8.68. The molecule has 0 aromatic heterocycles. The molecule has 90 valence electrons. The summed E-state index contributed by atoms with van der Waals surface area (Å²) in [6.07, 6.45) is 0. The van der Waals surface area contributed by atoms with Crippen LogP contribution in [0.25, 0.3) is 0 Å². The molecule has 1 aromatic rings. The van der Waals surface area contributed by atoms with E-state index in [1.165, 1.54) is 0 Å². The van der Waals surface area contributed by atoms with Gasteiger partial charge in [0.05, 0.1) is 6.61 Å². The van der Waals surface area contributed by atoms with Crippen LogP contribution in [0.4, 0.5) is 0 Å². The molecule has 0 aliphatic carbocycles. The van der Waals surface area contributed by atoms with Gasteiger partial charge < -0.3 is 9.47 Å². The van der Waals surface area contributed by atoms with Gasteiger partial charge in [-0.1, -0.05) is 30.3 Å². The molecule has 1 atom stereocenters. The molecule has 0 spiro atoms. The second-order valence-corrected chi connectivity index (χ2v) is 4.41. The summed E-state index contributed by atoms with van der Waals surface area (Å²) >= 11 is 0. The number of hydrogen-bond acceptors (Lipinski definition) is 4. The van der Waals surface area contributed by atoms with Crippen LogP contribution in [0.3, 0.4) is 0 Å². The van der Waals surface area contributed by atoms with E-state index in [-0.39, 0.29) is 12.4 Å². The van der Waals surface area contributed by atoms with Crippen molar-refractivity contribution in [1.29, 1.82) is 0 Å². The fraction of sp³-hybridized carbons (Fsp3) is 0.385. The third-order valence-corrected chi connectivity index (χ3v) is 2.60. The molecule has 17 heavy (non-hydrogen) atoms. The quantitative estimate of drug-likeness (QED) is 0.445. The zero-order valence-electron chi connectivity index (χ0n) is 9.80. The molecule has 1 heterocycles. The molecule has 0 N–H and O–H groups in total. The monoisotopic (exact) mass is 234 g/mol. The molecule has 0 saturated carbocycles. The minimum atomic E-state index is -0.940. The molecule has 1 aliphatic rings. The molecule has 1 unspecified atom stereocenters. The number of ketones is 1. The summed E-state index contributed by atoms with van der Waals surface area (Å²) in [7, 11) is 0. The summed E-state index contributed by atoms with van der Waals surface area (Å²) in [4.78, 5) is 23.7. The van der Waals surface area contributed by atoms with E-state index in [9.17, 15) is 9.59 Å². The fourth-order valence-electron chi connectivity index (χ4n) is 1.68. The highest BCUT2D eigenvalue weighted by Crippen LogP contribution is 2.24. The molecule has 4 nitrogen and oxygen atoms in total. The van der Waals surface area contributed by atoms with Crippen molar-refractivity contribution < 1.29 is 19.1 Å². The Hall–Kier alpha value is -1.68. The van der Waals surface area contributed by atoms with Crippen LogP contribution in [0.5, 0.6) is 0 Å². The Bertz CT molecular complexity index is 436. The van der Waals surface area contributed by atoms with E-state index < -0.39 is 17.7 Å². The summed E-state index contributed by atoms with van der Waals surface area (Å²) in [5.41, 5.74) is 0.498. The zero-order chi connectivity index (χ0) is 12.5. The first-order chi connectivity index (χ1) is 7.99. The van der Waals surface area contributed by atoms with E-state index in [1.54, 1.807) is 38.1 Å². The molecule has 1 saturated heterocycles. The van der Waals surface area contributed by atoms with E-state index in [4.69, 9.17) is 9.47 Å². The number of hydrogen-bond donors (Lipinski definition) is 0. The number of Topliss-reactive ketones (excluding diaryl/α,β-unsaturated/α-hetero) is 1. The molecule has 2 rings (SSSR count). The van der Waals surface area contributed by atoms with Crippen molar-refractivity contribution in [2.75, 3.05) is 6.61 Å². The van der Waals surface area contributed by atoms with Gasteiger partial charge in [0, 0.05) is 19.4 Å². The van der Waals surface area contributed by atoms with Gasteiger partial charge in [0.15, 0.2) is 5.78 Å². The molecule has 1 fully saturated rings. The van der Waals surface area contributed by atoms with Gasteiger partial charge in [-0.25, -0.2) is 0 Å². The molecular formula is C13H14O4. The van der Waals surface area contributed by atoms with Crippen molar-refractivity contribution >= 4 is 11.8 Å². The van der Waals surface area contributed by atoms with Crippen LogP contribution in [-0.2, 0) is 14.3 Å². The summed E-state index contributed by atoms with van der Waals surface area (Å²) < 4.78 is 10.4. The highest BCUT2D eigenvalue weighted by atomic mass is 16.7. The highest BCUT2D eigenvalue weighted by Gasteiger charge is 2.39. The number of benzene rings is 1. The second kappa shape index (κ2) is 4.30. The molecule has 4 heteroatoms. The Morgan fingerprint density at radius 2 is 1.94 bits per heavy atom. The van der Waals surface area contributed by atoms with Gasteiger partial charge in [-0.2, -0.15) is 0 Å². The summed E-state index contributed by atoms with van der Waals surface area (Å²) in [6.45, 7) is 3.36. The lowest BCUT2D eigenvalue weighted by Gasteiger charge is -2.33.